The van der Waals surface area contributed by atoms with Gasteiger partial charge >= 0.3 is 0 Å². The number of para-hydroxylation sites is 1. The predicted molar refractivity (Wildman–Crippen MR) is 102 cm³/mol. The number of benzene rings is 1. The van der Waals surface area contributed by atoms with Crippen molar-refractivity contribution in [2.45, 2.75) is 46.8 Å². The number of rotatable bonds is 5. The number of hydrogen-bond acceptors (Lipinski definition) is 4. The second-order valence-electron chi connectivity index (χ2n) is 7.09. The lowest BCUT2D eigenvalue weighted by Crippen LogP contribution is -2.37. The Morgan fingerprint density at radius 3 is 2.63 bits per heavy atom. The molecule has 1 N–H and O–H groups in total. The monoisotopic (exact) mass is 370 g/mol. The van der Waals surface area contributed by atoms with E-state index in [1.54, 1.807) is 22.6 Å². The summed E-state index contributed by atoms with van der Waals surface area (Å²) in [5.74, 6) is 0.662. The molecule has 27 heavy (non-hydrogen) atoms. The zero-order valence-corrected chi connectivity index (χ0v) is 16.3. The van der Waals surface area contributed by atoms with Crippen LogP contribution in [0.4, 0.5) is 0 Å². The summed E-state index contributed by atoms with van der Waals surface area (Å²) in [6, 6.07) is 7.60. The Balaban J connectivity index is 1.58. The van der Waals surface area contributed by atoms with E-state index in [0.717, 1.165) is 22.6 Å². The molecule has 2 heterocycles. The molecule has 0 bridgehead atoms. The normalized spacial score (nSPS) is 14.4. The van der Waals surface area contributed by atoms with Crippen molar-refractivity contribution in [3.05, 3.63) is 46.8 Å². The Labute approximate surface area is 159 Å². The van der Waals surface area contributed by atoms with E-state index in [1.807, 2.05) is 39.0 Å². The minimum atomic E-state index is -0.233. The number of carbonyl (C=O) groups is 2. The van der Waals surface area contributed by atoms with Gasteiger partial charge in [0.2, 0.25) is 5.91 Å². The van der Waals surface area contributed by atoms with Gasteiger partial charge in [0.15, 0.2) is 5.69 Å². The van der Waals surface area contributed by atoms with E-state index in [-0.39, 0.29) is 17.9 Å². The molecule has 1 atom stereocenters. The van der Waals surface area contributed by atoms with Crippen LogP contribution in [-0.2, 0) is 17.9 Å². The maximum absolute atomic E-state index is 12.5. The topological polar surface area (TPSA) is 76.5 Å². The molecule has 0 radical (unpaired) electrons. The molecule has 7 heteroatoms. The van der Waals surface area contributed by atoms with Crippen molar-refractivity contribution in [1.29, 1.82) is 0 Å². The number of aromatic nitrogens is 2. The first kappa shape index (κ1) is 18.9. The van der Waals surface area contributed by atoms with E-state index in [4.69, 9.17) is 4.74 Å². The lowest BCUT2D eigenvalue weighted by molar-refractivity contribution is -0.130. The average molecular weight is 370 g/mol. The van der Waals surface area contributed by atoms with Crippen molar-refractivity contribution < 1.29 is 14.3 Å². The van der Waals surface area contributed by atoms with Gasteiger partial charge in [-0.2, -0.15) is 5.10 Å². The molecule has 1 aliphatic heterocycles. The minimum absolute atomic E-state index is 0.0331. The highest BCUT2D eigenvalue weighted by Crippen LogP contribution is 2.22. The SMILES string of the molecule is CC(=O)N1CCn2nc(C(=O)NC(C)COc3c(C)cccc3C)cc2C1. The van der Waals surface area contributed by atoms with E-state index >= 15 is 0 Å². The third kappa shape index (κ3) is 4.30. The number of nitrogens with zero attached hydrogens (tertiary/aromatic N) is 3. The summed E-state index contributed by atoms with van der Waals surface area (Å²) in [6.45, 7) is 9.55. The molecule has 1 aromatic heterocycles. The van der Waals surface area contributed by atoms with Crippen LogP contribution in [-0.4, -0.2) is 45.7 Å². The molecule has 3 rings (SSSR count). The number of aryl methyl sites for hydroxylation is 2. The zero-order valence-electron chi connectivity index (χ0n) is 16.3. The van der Waals surface area contributed by atoms with Gasteiger partial charge in [0.25, 0.3) is 5.91 Å². The number of hydrogen-bond donors (Lipinski definition) is 1. The van der Waals surface area contributed by atoms with E-state index in [1.165, 1.54) is 0 Å². The van der Waals surface area contributed by atoms with Gasteiger partial charge in [0, 0.05) is 13.5 Å². The van der Waals surface area contributed by atoms with Crippen molar-refractivity contribution in [1.82, 2.24) is 20.0 Å². The van der Waals surface area contributed by atoms with Gasteiger partial charge < -0.3 is 15.0 Å². The summed E-state index contributed by atoms with van der Waals surface area (Å²) >= 11 is 0. The lowest BCUT2D eigenvalue weighted by atomic mass is 10.1. The van der Waals surface area contributed by atoms with E-state index in [2.05, 4.69) is 10.4 Å². The predicted octanol–water partition coefficient (Wildman–Crippen LogP) is 2.06. The van der Waals surface area contributed by atoms with Gasteiger partial charge in [-0.25, -0.2) is 0 Å². The molecule has 2 aromatic rings. The molecule has 7 nitrogen and oxygen atoms in total. The number of amides is 2. The summed E-state index contributed by atoms with van der Waals surface area (Å²) in [4.78, 5) is 25.8. The molecule has 1 unspecified atom stereocenters. The van der Waals surface area contributed by atoms with E-state index in [0.29, 0.717) is 31.9 Å². The minimum Gasteiger partial charge on any atom is -0.491 e. The average Bonchev–Trinajstić information content (AvgIpc) is 3.04. The van der Waals surface area contributed by atoms with Crippen LogP contribution >= 0.6 is 0 Å². The van der Waals surface area contributed by atoms with Crippen molar-refractivity contribution in [2.24, 2.45) is 0 Å². The van der Waals surface area contributed by atoms with Crippen LogP contribution in [0.1, 0.15) is 41.2 Å². The number of fused-ring (bicyclic) bond motifs is 1. The Bertz CT molecular complexity index is 839. The van der Waals surface area contributed by atoms with Gasteiger partial charge in [0.05, 0.1) is 24.8 Å². The number of nitrogens with one attached hydrogen (secondary N) is 1. The van der Waals surface area contributed by atoms with Crippen LogP contribution in [0.5, 0.6) is 5.75 Å². The smallest absolute Gasteiger partial charge is 0.272 e. The van der Waals surface area contributed by atoms with Crippen LogP contribution in [0.15, 0.2) is 24.3 Å². The fourth-order valence-corrected chi connectivity index (χ4v) is 3.22. The van der Waals surface area contributed by atoms with Crippen LogP contribution in [0.25, 0.3) is 0 Å². The first-order valence-electron chi connectivity index (χ1n) is 9.17. The van der Waals surface area contributed by atoms with Crippen LogP contribution < -0.4 is 10.1 Å². The van der Waals surface area contributed by atoms with Gasteiger partial charge in [0.1, 0.15) is 12.4 Å². The molecule has 1 aromatic carbocycles. The summed E-state index contributed by atoms with van der Waals surface area (Å²) < 4.78 is 7.70. The Morgan fingerprint density at radius 1 is 1.26 bits per heavy atom. The molecule has 2 amide bonds. The highest BCUT2D eigenvalue weighted by atomic mass is 16.5. The standard InChI is InChI=1S/C20H26N4O3/c1-13-6-5-7-14(2)19(13)27-12-15(3)21-20(26)18-10-17-11-23(16(4)25)8-9-24(17)22-18/h5-7,10,15H,8-9,11-12H2,1-4H3,(H,21,26). The molecular weight excluding hydrogens is 344 g/mol. The Hall–Kier alpha value is -2.83. The molecule has 0 saturated carbocycles. The quantitative estimate of drug-likeness (QED) is 0.874. The van der Waals surface area contributed by atoms with Crippen LogP contribution in [0, 0.1) is 13.8 Å². The fraction of sp³-hybridized carbons (Fsp3) is 0.450. The first-order valence-corrected chi connectivity index (χ1v) is 9.17. The van der Waals surface area contributed by atoms with E-state index in [9.17, 15) is 9.59 Å². The highest BCUT2D eigenvalue weighted by Gasteiger charge is 2.22. The summed E-state index contributed by atoms with van der Waals surface area (Å²) in [7, 11) is 0. The van der Waals surface area contributed by atoms with Gasteiger partial charge in [-0.05, 0) is 38.0 Å². The molecule has 1 aliphatic rings. The van der Waals surface area contributed by atoms with Crippen LogP contribution in [0.2, 0.25) is 0 Å². The van der Waals surface area contributed by atoms with Gasteiger partial charge in [-0.1, -0.05) is 18.2 Å². The molecule has 0 spiro atoms. The van der Waals surface area contributed by atoms with Gasteiger partial charge in [-0.15, -0.1) is 0 Å². The third-order valence-electron chi connectivity index (χ3n) is 4.74. The molecular formula is C20H26N4O3. The number of ether oxygens (including phenoxy) is 1. The second-order valence-corrected chi connectivity index (χ2v) is 7.09. The van der Waals surface area contributed by atoms with Crippen molar-refractivity contribution in [2.75, 3.05) is 13.2 Å². The Morgan fingerprint density at radius 2 is 1.96 bits per heavy atom. The summed E-state index contributed by atoms with van der Waals surface area (Å²) in [6.07, 6.45) is 0. The third-order valence-corrected chi connectivity index (χ3v) is 4.74. The Kier molecular flexibility index (Phi) is 5.48. The lowest BCUT2D eigenvalue weighted by Gasteiger charge is -2.26. The van der Waals surface area contributed by atoms with Crippen molar-refractivity contribution in [3.8, 4) is 5.75 Å². The van der Waals surface area contributed by atoms with Gasteiger partial charge in [-0.3, -0.25) is 14.3 Å². The molecule has 0 saturated heterocycles. The largest absolute Gasteiger partial charge is 0.491 e. The van der Waals surface area contributed by atoms with Crippen molar-refractivity contribution in [3.63, 3.8) is 0 Å². The van der Waals surface area contributed by atoms with Crippen molar-refractivity contribution >= 4 is 11.8 Å². The zero-order chi connectivity index (χ0) is 19.6. The molecule has 0 aliphatic carbocycles. The summed E-state index contributed by atoms with van der Waals surface area (Å²) in [5, 5.41) is 7.30. The van der Waals surface area contributed by atoms with Crippen LogP contribution in [0.3, 0.4) is 0 Å². The maximum Gasteiger partial charge on any atom is 0.272 e. The second kappa shape index (κ2) is 7.82. The summed E-state index contributed by atoms with van der Waals surface area (Å²) in [5.41, 5.74) is 3.39. The first-order chi connectivity index (χ1) is 12.8. The fourth-order valence-electron chi connectivity index (χ4n) is 3.22. The maximum atomic E-state index is 12.5. The number of carbonyl (C=O) groups excluding carboxylic acids is 2. The highest BCUT2D eigenvalue weighted by molar-refractivity contribution is 5.92. The van der Waals surface area contributed by atoms with E-state index < -0.39 is 0 Å². The molecule has 0 fully saturated rings. The molecule has 144 valence electrons.